The number of piperidine rings is 1. The summed E-state index contributed by atoms with van der Waals surface area (Å²) in [5, 5.41) is 9.16. The molecule has 0 bridgehead atoms. The topological polar surface area (TPSA) is 74.9 Å². The Bertz CT molecular complexity index is 687. The number of aryl methyl sites for hydroxylation is 1. The van der Waals surface area contributed by atoms with Gasteiger partial charge in [-0.3, -0.25) is 0 Å². The average molecular weight is 309 g/mol. The summed E-state index contributed by atoms with van der Waals surface area (Å²) in [4.78, 5) is 14.8. The van der Waals surface area contributed by atoms with E-state index < -0.39 is 0 Å². The lowest BCUT2D eigenvalue weighted by Gasteiger charge is -2.33. The standard InChI is InChI=1S/C17H19N5O/c1-2-13-11-20-17(21-12-13)23-14-5-8-22(9-6-14)16-4-3-7-19-15(16)10-18/h3-4,7,11-12,14H,2,5-6,8-9H2,1H3. The maximum atomic E-state index is 9.16. The van der Waals surface area contributed by atoms with E-state index >= 15 is 0 Å². The smallest absolute Gasteiger partial charge is 0.316 e. The Morgan fingerprint density at radius 2 is 2.00 bits per heavy atom. The lowest BCUT2D eigenvalue weighted by atomic mass is 10.1. The number of nitrogens with zero attached hydrogens (tertiary/aromatic N) is 5. The predicted molar refractivity (Wildman–Crippen MR) is 86.2 cm³/mol. The molecule has 0 aromatic carbocycles. The quantitative estimate of drug-likeness (QED) is 0.863. The molecule has 6 nitrogen and oxygen atoms in total. The van der Waals surface area contributed by atoms with E-state index in [1.54, 1.807) is 6.20 Å². The van der Waals surface area contributed by atoms with Gasteiger partial charge in [-0.2, -0.15) is 5.26 Å². The first kappa shape index (κ1) is 15.2. The van der Waals surface area contributed by atoms with E-state index in [0.717, 1.165) is 43.6 Å². The second-order valence-corrected chi connectivity index (χ2v) is 5.51. The molecule has 0 N–H and O–H groups in total. The van der Waals surface area contributed by atoms with E-state index in [4.69, 9.17) is 10.00 Å². The average Bonchev–Trinajstić information content (AvgIpc) is 2.63. The molecule has 1 aliphatic heterocycles. The minimum Gasteiger partial charge on any atom is -0.460 e. The van der Waals surface area contributed by atoms with Crippen LogP contribution in [0.3, 0.4) is 0 Å². The van der Waals surface area contributed by atoms with Crippen molar-refractivity contribution in [1.82, 2.24) is 15.0 Å². The number of rotatable bonds is 4. The van der Waals surface area contributed by atoms with E-state index in [1.807, 2.05) is 24.5 Å². The molecule has 0 atom stereocenters. The molecule has 1 saturated heterocycles. The third-order valence-electron chi connectivity index (χ3n) is 4.04. The minimum atomic E-state index is 0.112. The Labute approximate surface area is 135 Å². The molecule has 2 aromatic rings. The number of pyridine rings is 1. The fourth-order valence-corrected chi connectivity index (χ4v) is 2.69. The monoisotopic (exact) mass is 309 g/mol. The SMILES string of the molecule is CCc1cnc(OC2CCN(c3cccnc3C#N)CC2)nc1. The molecule has 0 saturated carbocycles. The van der Waals surface area contributed by atoms with Crippen molar-refractivity contribution in [2.45, 2.75) is 32.3 Å². The van der Waals surface area contributed by atoms with Gasteiger partial charge in [-0.25, -0.2) is 15.0 Å². The zero-order chi connectivity index (χ0) is 16.1. The summed E-state index contributed by atoms with van der Waals surface area (Å²) in [6.45, 7) is 3.74. The molecule has 1 fully saturated rings. The summed E-state index contributed by atoms with van der Waals surface area (Å²) in [5.74, 6) is 0. The number of aromatic nitrogens is 3. The second kappa shape index (κ2) is 7.05. The van der Waals surface area contributed by atoms with E-state index in [2.05, 4.69) is 32.8 Å². The van der Waals surface area contributed by atoms with Crippen LogP contribution in [-0.2, 0) is 6.42 Å². The van der Waals surface area contributed by atoms with Crippen LogP contribution in [0.4, 0.5) is 5.69 Å². The van der Waals surface area contributed by atoms with Crippen molar-refractivity contribution >= 4 is 5.69 Å². The van der Waals surface area contributed by atoms with Crippen molar-refractivity contribution in [1.29, 1.82) is 5.26 Å². The molecule has 23 heavy (non-hydrogen) atoms. The second-order valence-electron chi connectivity index (χ2n) is 5.51. The van der Waals surface area contributed by atoms with Crippen molar-refractivity contribution in [2.24, 2.45) is 0 Å². The van der Waals surface area contributed by atoms with E-state index in [0.29, 0.717) is 11.7 Å². The first-order valence-corrected chi connectivity index (χ1v) is 7.87. The van der Waals surface area contributed by atoms with Crippen LogP contribution in [0.5, 0.6) is 6.01 Å². The Morgan fingerprint density at radius 1 is 1.26 bits per heavy atom. The summed E-state index contributed by atoms with van der Waals surface area (Å²) in [6.07, 6.45) is 8.05. The third kappa shape index (κ3) is 3.57. The Balaban J connectivity index is 1.59. The van der Waals surface area contributed by atoms with Crippen molar-refractivity contribution in [3.8, 4) is 12.1 Å². The number of hydrogen-bond acceptors (Lipinski definition) is 6. The summed E-state index contributed by atoms with van der Waals surface area (Å²) in [6, 6.07) is 6.40. The van der Waals surface area contributed by atoms with Crippen LogP contribution in [0.15, 0.2) is 30.7 Å². The largest absolute Gasteiger partial charge is 0.460 e. The number of anilines is 1. The molecule has 2 aromatic heterocycles. The van der Waals surface area contributed by atoms with Gasteiger partial charge in [0.05, 0.1) is 5.69 Å². The van der Waals surface area contributed by atoms with Crippen LogP contribution < -0.4 is 9.64 Å². The van der Waals surface area contributed by atoms with Gasteiger partial charge in [0.1, 0.15) is 12.2 Å². The fourth-order valence-electron chi connectivity index (χ4n) is 2.69. The van der Waals surface area contributed by atoms with E-state index in [1.165, 1.54) is 0 Å². The maximum absolute atomic E-state index is 9.16. The third-order valence-corrected chi connectivity index (χ3v) is 4.04. The molecule has 0 radical (unpaired) electrons. The maximum Gasteiger partial charge on any atom is 0.316 e. The summed E-state index contributed by atoms with van der Waals surface area (Å²) in [7, 11) is 0. The first-order valence-electron chi connectivity index (χ1n) is 7.87. The summed E-state index contributed by atoms with van der Waals surface area (Å²) in [5.41, 5.74) is 2.48. The van der Waals surface area contributed by atoms with Crippen LogP contribution >= 0.6 is 0 Å². The molecule has 0 unspecified atom stereocenters. The fraction of sp³-hybridized carbons (Fsp3) is 0.412. The van der Waals surface area contributed by atoms with Gasteiger partial charge >= 0.3 is 6.01 Å². The summed E-state index contributed by atoms with van der Waals surface area (Å²) < 4.78 is 5.87. The lowest BCUT2D eigenvalue weighted by molar-refractivity contribution is 0.156. The predicted octanol–water partition coefficient (Wildman–Crippen LogP) is 2.35. The highest BCUT2D eigenvalue weighted by Crippen LogP contribution is 2.23. The molecule has 3 heterocycles. The first-order chi connectivity index (χ1) is 11.3. The van der Waals surface area contributed by atoms with Gasteiger partial charge in [-0.1, -0.05) is 6.92 Å². The van der Waals surface area contributed by atoms with Gasteiger partial charge in [0.15, 0.2) is 5.69 Å². The highest BCUT2D eigenvalue weighted by atomic mass is 16.5. The Hall–Kier alpha value is -2.68. The van der Waals surface area contributed by atoms with Gasteiger partial charge in [-0.05, 0) is 24.1 Å². The zero-order valence-corrected chi connectivity index (χ0v) is 13.1. The molecule has 0 aliphatic carbocycles. The van der Waals surface area contributed by atoms with Crippen LogP contribution in [0.2, 0.25) is 0 Å². The van der Waals surface area contributed by atoms with Gasteiger partial charge in [0.25, 0.3) is 0 Å². The van der Waals surface area contributed by atoms with Crippen molar-refractivity contribution < 1.29 is 4.74 Å². The molecule has 1 aliphatic rings. The molecule has 3 rings (SSSR count). The molecule has 118 valence electrons. The van der Waals surface area contributed by atoms with Gasteiger partial charge < -0.3 is 9.64 Å². The Kier molecular flexibility index (Phi) is 4.67. The number of hydrogen-bond donors (Lipinski definition) is 0. The van der Waals surface area contributed by atoms with E-state index in [-0.39, 0.29) is 6.10 Å². The highest BCUT2D eigenvalue weighted by molar-refractivity contribution is 5.55. The van der Waals surface area contributed by atoms with E-state index in [9.17, 15) is 0 Å². The molecular formula is C17H19N5O. The van der Waals surface area contributed by atoms with Crippen LogP contribution in [0.1, 0.15) is 31.0 Å². The molecule has 0 amide bonds. The van der Waals surface area contributed by atoms with Gasteiger partial charge in [0, 0.05) is 44.5 Å². The Morgan fingerprint density at radius 3 is 2.65 bits per heavy atom. The van der Waals surface area contributed by atoms with Crippen molar-refractivity contribution in [3.63, 3.8) is 0 Å². The summed E-state index contributed by atoms with van der Waals surface area (Å²) >= 11 is 0. The van der Waals surface area contributed by atoms with Crippen LogP contribution in [0.25, 0.3) is 0 Å². The lowest BCUT2D eigenvalue weighted by Crippen LogP contribution is -2.39. The van der Waals surface area contributed by atoms with Crippen LogP contribution in [0, 0.1) is 11.3 Å². The van der Waals surface area contributed by atoms with Gasteiger partial charge in [-0.15, -0.1) is 0 Å². The molecular weight excluding hydrogens is 290 g/mol. The number of nitriles is 1. The zero-order valence-electron chi connectivity index (χ0n) is 13.1. The van der Waals surface area contributed by atoms with Crippen LogP contribution in [-0.4, -0.2) is 34.1 Å². The highest BCUT2D eigenvalue weighted by Gasteiger charge is 2.23. The van der Waals surface area contributed by atoms with Crippen molar-refractivity contribution in [2.75, 3.05) is 18.0 Å². The minimum absolute atomic E-state index is 0.112. The molecule has 6 heteroatoms. The molecule has 0 spiro atoms. The van der Waals surface area contributed by atoms with Gasteiger partial charge in [0.2, 0.25) is 0 Å². The number of ether oxygens (including phenoxy) is 1. The normalized spacial score (nSPS) is 15.2. The van der Waals surface area contributed by atoms with Crippen molar-refractivity contribution in [3.05, 3.63) is 42.0 Å².